The van der Waals surface area contributed by atoms with Crippen molar-refractivity contribution in [2.45, 2.75) is 19.6 Å². The van der Waals surface area contributed by atoms with E-state index < -0.39 is 11.0 Å². The van der Waals surface area contributed by atoms with Gasteiger partial charge in [0, 0.05) is 11.1 Å². The molecule has 2 aromatic carbocycles. The van der Waals surface area contributed by atoms with Gasteiger partial charge in [-0.1, -0.05) is 23.7 Å². The van der Waals surface area contributed by atoms with Gasteiger partial charge in [-0.05, 0) is 36.8 Å². The third-order valence-corrected chi connectivity index (χ3v) is 3.24. The van der Waals surface area contributed by atoms with Crippen LogP contribution in [-0.4, -0.2) is 10.0 Å². The highest BCUT2D eigenvalue weighted by Gasteiger charge is 2.14. The average molecular weight is 308 g/mol. The highest BCUT2D eigenvalue weighted by atomic mass is 35.5. The molecule has 6 heteroatoms. The maximum Gasteiger partial charge on any atom is 0.277 e. The zero-order valence-corrected chi connectivity index (χ0v) is 12.1. The van der Waals surface area contributed by atoms with Crippen molar-refractivity contribution in [2.24, 2.45) is 0 Å². The Labute approximate surface area is 126 Å². The van der Waals surface area contributed by atoms with Crippen LogP contribution in [0.15, 0.2) is 42.5 Å². The van der Waals surface area contributed by atoms with Gasteiger partial charge in [-0.25, -0.2) is 0 Å². The van der Waals surface area contributed by atoms with E-state index in [0.29, 0.717) is 16.3 Å². The minimum atomic E-state index is -0.545. The van der Waals surface area contributed by atoms with Crippen LogP contribution in [0.4, 0.5) is 5.69 Å². The fourth-order valence-corrected chi connectivity index (χ4v) is 2.00. The normalized spacial score (nSPS) is 12.0. The number of benzene rings is 2. The van der Waals surface area contributed by atoms with Gasteiger partial charge in [0.15, 0.2) is 0 Å². The van der Waals surface area contributed by atoms with Crippen molar-refractivity contribution in [1.82, 2.24) is 0 Å². The van der Waals surface area contributed by atoms with Crippen molar-refractivity contribution in [2.75, 3.05) is 0 Å². The summed E-state index contributed by atoms with van der Waals surface area (Å²) in [6.45, 7) is 1.74. The molecule has 0 fully saturated rings. The molecule has 5 nitrogen and oxygen atoms in total. The van der Waals surface area contributed by atoms with Gasteiger partial charge in [-0.3, -0.25) is 10.1 Å². The zero-order chi connectivity index (χ0) is 15.4. The summed E-state index contributed by atoms with van der Waals surface area (Å²) in [5, 5.41) is 20.7. The van der Waals surface area contributed by atoms with Crippen LogP contribution in [0.3, 0.4) is 0 Å². The molecule has 0 heterocycles. The molecule has 0 bridgehead atoms. The number of rotatable bonds is 5. The number of nitro benzene ring substituents is 1. The summed E-state index contributed by atoms with van der Waals surface area (Å²) in [6, 6.07) is 11.4. The molecule has 0 spiro atoms. The molecule has 0 amide bonds. The molecule has 1 atom stereocenters. The minimum absolute atomic E-state index is 0.0666. The lowest BCUT2D eigenvalue weighted by atomic mass is 10.1. The lowest BCUT2D eigenvalue weighted by Gasteiger charge is -2.09. The topological polar surface area (TPSA) is 72.6 Å². The average Bonchev–Trinajstić information content (AvgIpc) is 2.46. The molecule has 0 aliphatic rings. The van der Waals surface area contributed by atoms with Crippen molar-refractivity contribution >= 4 is 17.3 Å². The van der Waals surface area contributed by atoms with Gasteiger partial charge in [0.25, 0.3) is 5.69 Å². The molecule has 21 heavy (non-hydrogen) atoms. The second-order valence-electron chi connectivity index (χ2n) is 4.56. The standard InChI is InChI=1S/C15H14ClNO4/c1-10(18)11-3-6-14(7-4-11)21-9-12-2-5-13(16)8-15(12)17(19)20/h2-8,10,18H,9H2,1H3. The van der Waals surface area contributed by atoms with Gasteiger partial charge < -0.3 is 9.84 Å². The van der Waals surface area contributed by atoms with E-state index in [1.54, 1.807) is 43.3 Å². The molecule has 0 radical (unpaired) electrons. The smallest absolute Gasteiger partial charge is 0.277 e. The quantitative estimate of drug-likeness (QED) is 0.672. The maximum atomic E-state index is 11.0. The number of nitro groups is 1. The van der Waals surface area contributed by atoms with E-state index in [2.05, 4.69) is 0 Å². The number of aliphatic hydroxyl groups excluding tert-OH is 1. The van der Waals surface area contributed by atoms with Gasteiger partial charge in [0.05, 0.1) is 16.6 Å². The van der Waals surface area contributed by atoms with Gasteiger partial charge in [0.2, 0.25) is 0 Å². The van der Waals surface area contributed by atoms with Crippen LogP contribution in [0.2, 0.25) is 5.02 Å². The highest BCUT2D eigenvalue weighted by molar-refractivity contribution is 6.30. The number of hydrogen-bond donors (Lipinski definition) is 1. The van der Waals surface area contributed by atoms with Gasteiger partial charge in [-0.15, -0.1) is 0 Å². The molecular formula is C15H14ClNO4. The predicted molar refractivity (Wildman–Crippen MR) is 79.5 cm³/mol. The monoisotopic (exact) mass is 307 g/mol. The van der Waals surface area contributed by atoms with Crippen LogP contribution < -0.4 is 4.74 Å². The van der Waals surface area contributed by atoms with E-state index in [9.17, 15) is 15.2 Å². The van der Waals surface area contributed by atoms with Crippen molar-refractivity contribution in [1.29, 1.82) is 0 Å². The third kappa shape index (κ3) is 3.93. The van der Waals surface area contributed by atoms with Gasteiger partial charge in [0.1, 0.15) is 12.4 Å². The molecule has 1 N–H and O–H groups in total. The zero-order valence-electron chi connectivity index (χ0n) is 11.3. The first-order valence-corrected chi connectivity index (χ1v) is 6.69. The van der Waals surface area contributed by atoms with Crippen LogP contribution in [0, 0.1) is 10.1 Å². The first-order valence-electron chi connectivity index (χ1n) is 6.31. The molecule has 0 saturated heterocycles. The van der Waals surface area contributed by atoms with E-state index in [4.69, 9.17) is 16.3 Å². The lowest BCUT2D eigenvalue weighted by molar-refractivity contribution is -0.385. The number of halogens is 1. The van der Waals surface area contributed by atoms with E-state index in [-0.39, 0.29) is 12.3 Å². The molecule has 0 saturated carbocycles. The fraction of sp³-hybridized carbons (Fsp3) is 0.200. The lowest BCUT2D eigenvalue weighted by Crippen LogP contribution is -2.01. The van der Waals surface area contributed by atoms with Crippen LogP contribution in [-0.2, 0) is 6.61 Å². The Morgan fingerprint density at radius 1 is 1.29 bits per heavy atom. The van der Waals surface area contributed by atoms with Crippen molar-refractivity contribution in [3.63, 3.8) is 0 Å². The Balaban J connectivity index is 2.11. The van der Waals surface area contributed by atoms with Crippen molar-refractivity contribution < 1.29 is 14.8 Å². The summed E-state index contributed by atoms with van der Waals surface area (Å²) in [7, 11) is 0. The molecule has 0 aromatic heterocycles. The Kier molecular flexibility index (Phi) is 4.77. The predicted octanol–water partition coefficient (Wildman–Crippen LogP) is 3.88. The number of nitrogens with zero attached hydrogens (tertiary/aromatic N) is 1. The molecule has 1 unspecified atom stereocenters. The molecule has 2 rings (SSSR count). The van der Waals surface area contributed by atoms with Crippen LogP contribution in [0.25, 0.3) is 0 Å². The summed E-state index contributed by atoms with van der Waals surface area (Å²) in [5.41, 5.74) is 1.16. The minimum Gasteiger partial charge on any atom is -0.489 e. The van der Waals surface area contributed by atoms with Crippen molar-refractivity contribution in [3.05, 3.63) is 68.7 Å². The van der Waals surface area contributed by atoms with E-state index in [1.165, 1.54) is 6.07 Å². The molecule has 110 valence electrons. The van der Waals surface area contributed by atoms with Crippen LogP contribution >= 0.6 is 11.6 Å². The van der Waals surface area contributed by atoms with Crippen molar-refractivity contribution in [3.8, 4) is 5.75 Å². The van der Waals surface area contributed by atoms with E-state index >= 15 is 0 Å². The summed E-state index contributed by atoms with van der Waals surface area (Å²) in [5.74, 6) is 0.573. The highest BCUT2D eigenvalue weighted by Crippen LogP contribution is 2.25. The molecule has 2 aromatic rings. The fourth-order valence-electron chi connectivity index (χ4n) is 1.83. The summed E-state index contributed by atoms with van der Waals surface area (Å²) < 4.78 is 5.53. The summed E-state index contributed by atoms with van der Waals surface area (Å²) >= 11 is 5.76. The Hall–Kier alpha value is -2.11. The Morgan fingerprint density at radius 2 is 1.95 bits per heavy atom. The molecule has 0 aliphatic heterocycles. The van der Waals surface area contributed by atoms with Gasteiger partial charge in [-0.2, -0.15) is 0 Å². The Morgan fingerprint density at radius 3 is 2.52 bits per heavy atom. The first-order chi connectivity index (χ1) is 9.97. The number of ether oxygens (including phenoxy) is 1. The SMILES string of the molecule is CC(O)c1ccc(OCc2ccc(Cl)cc2[N+](=O)[O-])cc1. The first kappa shape index (κ1) is 15.3. The van der Waals surface area contributed by atoms with Gasteiger partial charge >= 0.3 is 0 Å². The maximum absolute atomic E-state index is 11.0. The summed E-state index contributed by atoms with van der Waals surface area (Å²) in [4.78, 5) is 10.5. The Bertz CT molecular complexity index is 641. The summed E-state index contributed by atoms with van der Waals surface area (Å²) in [6.07, 6.45) is -0.545. The van der Waals surface area contributed by atoms with Crippen LogP contribution in [0.5, 0.6) is 5.75 Å². The van der Waals surface area contributed by atoms with E-state index in [0.717, 1.165) is 5.56 Å². The molecular weight excluding hydrogens is 294 g/mol. The van der Waals surface area contributed by atoms with E-state index in [1.807, 2.05) is 0 Å². The number of hydrogen-bond acceptors (Lipinski definition) is 4. The molecule has 0 aliphatic carbocycles. The second kappa shape index (κ2) is 6.56. The second-order valence-corrected chi connectivity index (χ2v) is 5.00. The largest absolute Gasteiger partial charge is 0.489 e. The third-order valence-electron chi connectivity index (χ3n) is 3.00. The number of aliphatic hydroxyl groups is 1. The van der Waals surface area contributed by atoms with Crippen LogP contribution in [0.1, 0.15) is 24.2 Å².